The molecule has 2 heterocycles. The van der Waals surface area contributed by atoms with E-state index >= 15 is 0 Å². The third kappa shape index (κ3) is 4.92. The summed E-state index contributed by atoms with van der Waals surface area (Å²) in [5.74, 6) is -4.03. The molecule has 2 fully saturated rings. The Bertz CT molecular complexity index is 1730. The van der Waals surface area contributed by atoms with Crippen molar-refractivity contribution in [2.75, 3.05) is 24.2 Å². The summed E-state index contributed by atoms with van der Waals surface area (Å²) in [4.78, 5) is 8.46. The van der Waals surface area contributed by atoms with Gasteiger partial charge in [0.1, 0.15) is 18.0 Å². The molecule has 36 heavy (non-hydrogen) atoms. The molecule has 2 saturated carbocycles. The van der Waals surface area contributed by atoms with Crippen molar-refractivity contribution in [2.24, 2.45) is 0 Å². The third-order valence-electron chi connectivity index (χ3n) is 5.82. The summed E-state index contributed by atoms with van der Waals surface area (Å²) in [5, 5.41) is 41.1. The van der Waals surface area contributed by atoms with Gasteiger partial charge in [-0.15, -0.1) is 5.10 Å². The van der Waals surface area contributed by atoms with Crippen molar-refractivity contribution in [3.8, 4) is 0 Å². The van der Waals surface area contributed by atoms with Crippen LogP contribution in [0.2, 0.25) is 0 Å². The quantitative estimate of drug-likeness (QED) is 0.228. The van der Waals surface area contributed by atoms with Crippen LogP contribution >= 0.6 is 11.8 Å². The summed E-state index contributed by atoms with van der Waals surface area (Å²) < 4.78 is 119. The number of aromatic nitrogens is 5. The largest absolute Gasteiger partial charge is 0.394 e. The van der Waals surface area contributed by atoms with Gasteiger partial charge in [-0.3, -0.25) is 0 Å². The number of nitrogens with zero attached hydrogens (tertiary/aromatic N) is 5. The van der Waals surface area contributed by atoms with E-state index in [1.807, 2.05) is 0 Å². The highest BCUT2D eigenvalue weighted by Crippen LogP contribution is 2.44. The van der Waals surface area contributed by atoms with Gasteiger partial charge < -0.3 is 25.4 Å². The van der Waals surface area contributed by atoms with E-state index in [0.29, 0.717) is 0 Å². The predicted molar refractivity (Wildman–Crippen MR) is 133 cm³/mol. The minimum absolute atomic E-state index is 0.196. The molecule has 10 nitrogen and oxygen atoms in total. The molecule has 0 amide bonds. The number of ether oxygens (including phenoxy) is 1. The molecule has 194 valence electrons. The van der Waals surface area contributed by atoms with Crippen LogP contribution in [0, 0.1) is 12.7 Å². The molecular weight excluding hydrogens is 487 g/mol. The highest BCUT2D eigenvalue weighted by molar-refractivity contribution is 7.99. The maximum Gasteiger partial charge on any atom is 0.191 e. The number of aliphatic hydroxyl groups is 3. The SMILES string of the molecule is [2H]c1c([2H])c([C@@]2([2H])[C@H](Nc3nc(SC([2H])([2H])C([2H])([2H])C)nc4c3nnn4[C@@H]3C[C@H](OCC([2H])([2H])O)[C@@H](O)[C@H]3O)C2([2H])[2H])c([2H])c(F)c1C. The fraction of sp³-hybridized carbons (Fsp3) is 0.583. The molecule has 6 atom stereocenters. The summed E-state index contributed by atoms with van der Waals surface area (Å²) in [6.45, 7) is -1.40. The zero-order chi connectivity index (χ0) is 36.1. The molecule has 2 aromatic heterocycles. The fourth-order valence-corrected chi connectivity index (χ4v) is 4.41. The van der Waals surface area contributed by atoms with Gasteiger partial charge in [-0.2, -0.15) is 0 Å². The van der Waals surface area contributed by atoms with Crippen molar-refractivity contribution in [1.29, 1.82) is 0 Å². The number of rotatable bonds is 10. The van der Waals surface area contributed by atoms with Gasteiger partial charge >= 0.3 is 0 Å². The second-order valence-electron chi connectivity index (χ2n) is 8.13. The molecule has 4 N–H and O–H groups in total. The number of aliphatic hydroxyl groups excluding tert-OH is 2. The van der Waals surface area contributed by atoms with Gasteiger partial charge in [0.25, 0.3) is 0 Å². The molecule has 0 radical (unpaired) electrons. The fourth-order valence-electron chi connectivity index (χ4n) is 3.95. The summed E-state index contributed by atoms with van der Waals surface area (Å²) in [6.07, 6.45) is -9.57. The lowest BCUT2D eigenvalue weighted by molar-refractivity contribution is -0.0629. The van der Waals surface area contributed by atoms with Gasteiger partial charge in [0, 0.05) is 33.7 Å². The second-order valence-corrected chi connectivity index (χ2v) is 8.90. The first-order valence-electron chi connectivity index (χ1n) is 16.9. The first-order valence-corrected chi connectivity index (χ1v) is 11.7. The van der Waals surface area contributed by atoms with Crippen molar-refractivity contribution >= 4 is 28.7 Å². The smallest absolute Gasteiger partial charge is 0.191 e. The number of thioether (sulfide) groups is 1. The molecule has 1 aromatic carbocycles. The molecule has 0 bridgehead atoms. The van der Waals surface area contributed by atoms with Crippen LogP contribution in [0.1, 0.15) is 65.6 Å². The molecular formula is C24H31FN6O4S. The first kappa shape index (κ1) is 14.5. The maximum atomic E-state index is 14.8. The number of hydrogen-bond acceptors (Lipinski definition) is 10. The molecule has 3 aromatic rings. The average Bonchev–Trinajstić information content (AvgIpc) is 3.27. The third-order valence-corrected chi connectivity index (χ3v) is 6.49. The van der Waals surface area contributed by atoms with E-state index in [0.717, 1.165) is 11.6 Å². The monoisotopic (exact) mass is 530 g/mol. The van der Waals surface area contributed by atoms with Gasteiger partial charge in [-0.1, -0.05) is 36.0 Å². The molecule has 2 aliphatic rings. The van der Waals surface area contributed by atoms with Gasteiger partial charge in [-0.25, -0.2) is 19.0 Å². The number of halogens is 1. The van der Waals surface area contributed by atoms with E-state index in [2.05, 4.69) is 25.6 Å². The van der Waals surface area contributed by atoms with Crippen LogP contribution in [-0.2, 0) is 4.74 Å². The lowest BCUT2D eigenvalue weighted by Crippen LogP contribution is -2.33. The normalized spacial score (nSPS) is 37.1. The van der Waals surface area contributed by atoms with E-state index in [1.165, 1.54) is 6.92 Å². The van der Waals surface area contributed by atoms with Crippen LogP contribution in [0.4, 0.5) is 10.2 Å². The molecule has 2 aliphatic carbocycles. The van der Waals surface area contributed by atoms with Gasteiger partial charge in [-0.05, 0) is 36.8 Å². The highest BCUT2D eigenvalue weighted by Gasteiger charge is 2.45. The van der Waals surface area contributed by atoms with E-state index in [4.69, 9.17) is 21.2 Å². The Hall–Kier alpha value is -2.38. The van der Waals surface area contributed by atoms with Gasteiger partial charge in [0.15, 0.2) is 22.1 Å². The average molecular weight is 531 g/mol. The van der Waals surface area contributed by atoms with Crippen LogP contribution in [0.25, 0.3) is 11.2 Å². The molecule has 0 unspecified atom stereocenters. The summed E-state index contributed by atoms with van der Waals surface area (Å²) in [7, 11) is 0. The number of fused-ring (bicyclic) bond motifs is 1. The van der Waals surface area contributed by atoms with E-state index < -0.39 is 103 Å². The van der Waals surface area contributed by atoms with Crippen LogP contribution in [0.15, 0.2) is 23.3 Å². The Morgan fingerprint density at radius 1 is 1.39 bits per heavy atom. The second kappa shape index (κ2) is 10.5. The Labute approximate surface area is 229 Å². The number of nitrogens with one attached hydrogen (secondary N) is 1. The van der Waals surface area contributed by atoms with E-state index in [-0.39, 0.29) is 40.7 Å². The molecule has 0 spiro atoms. The molecule has 5 rings (SSSR count). The van der Waals surface area contributed by atoms with Gasteiger partial charge in [0.2, 0.25) is 0 Å². The van der Waals surface area contributed by atoms with Crippen LogP contribution < -0.4 is 5.32 Å². The predicted octanol–water partition coefficient (Wildman–Crippen LogP) is 2.18. The van der Waals surface area contributed by atoms with E-state index in [9.17, 15) is 19.7 Å². The van der Waals surface area contributed by atoms with Crippen molar-refractivity contribution < 1.29 is 40.9 Å². The molecule has 12 heteroatoms. The summed E-state index contributed by atoms with van der Waals surface area (Å²) in [5.41, 5.74) is -4.06. The summed E-state index contributed by atoms with van der Waals surface area (Å²) >= 11 is 0.249. The van der Waals surface area contributed by atoms with Crippen molar-refractivity contribution in [1.82, 2.24) is 25.0 Å². The van der Waals surface area contributed by atoms with Crippen LogP contribution in [-0.4, -0.2) is 83.5 Å². The zero-order valence-corrected chi connectivity index (χ0v) is 19.9. The Morgan fingerprint density at radius 3 is 3.00 bits per heavy atom. The molecule has 0 saturated heterocycles. The van der Waals surface area contributed by atoms with Crippen LogP contribution in [0.5, 0.6) is 0 Å². The minimum Gasteiger partial charge on any atom is -0.394 e. The Kier molecular flexibility index (Phi) is 4.25. The Balaban J connectivity index is 1.59. The number of benzene rings is 1. The minimum atomic E-state index is -2.74. The first-order chi connectivity index (χ1) is 21.8. The van der Waals surface area contributed by atoms with Crippen molar-refractivity contribution in [3.63, 3.8) is 0 Å². The lowest BCUT2D eigenvalue weighted by Gasteiger charge is -2.17. The summed E-state index contributed by atoms with van der Waals surface area (Å²) in [6, 6.07) is -5.04. The highest BCUT2D eigenvalue weighted by atomic mass is 32.2. The number of anilines is 1. The van der Waals surface area contributed by atoms with Gasteiger partial charge in [0.05, 0.1) is 32.2 Å². The van der Waals surface area contributed by atoms with Crippen molar-refractivity contribution in [3.05, 3.63) is 35.1 Å². The topological polar surface area (TPSA) is 138 Å². The molecule has 0 aliphatic heterocycles. The van der Waals surface area contributed by atoms with Crippen LogP contribution in [0.3, 0.4) is 0 Å². The zero-order valence-electron chi connectivity index (χ0n) is 31.1. The Morgan fingerprint density at radius 2 is 2.22 bits per heavy atom. The lowest BCUT2D eigenvalue weighted by atomic mass is 10.1. The van der Waals surface area contributed by atoms with E-state index in [1.54, 1.807) is 0 Å². The maximum absolute atomic E-state index is 14.8. The number of hydrogen-bond donors (Lipinski definition) is 4. The standard InChI is InChI=1S/C24H31FN6O4S/c1-3-8-36-24-27-22(26-16-10-14(16)13-5-4-12(2)15(25)9-13)19-23(28-24)31(30-29-19)17-11-18(35-7-6-32)21(34)20(17)33/h4-5,9,14,16-18,20-21,32-34H,3,6-8,10-11H2,1-2H3,(H,26,27,28)/t14-,16+,17+,18-,20-,21+/m0/s1/i3D2,4D,5D,6D2,8D2,9D,10D2,14D. The van der Waals surface area contributed by atoms with Crippen molar-refractivity contribution in [2.45, 2.75) is 74.5 Å².